The van der Waals surface area contributed by atoms with Crippen LogP contribution in [0.1, 0.15) is 28.1 Å². The van der Waals surface area contributed by atoms with Crippen molar-refractivity contribution in [3.63, 3.8) is 0 Å². The SMILES string of the molecule is Cc1c(C(=O)N2CCC[C@H](Cn3ccnc3)C2)sc2nc[nH]c(=O)c12. The van der Waals surface area contributed by atoms with Crippen LogP contribution >= 0.6 is 11.3 Å². The van der Waals surface area contributed by atoms with Crippen LogP contribution in [0.5, 0.6) is 0 Å². The molecule has 0 bridgehead atoms. The van der Waals surface area contributed by atoms with Crippen molar-refractivity contribution in [2.45, 2.75) is 26.3 Å². The normalized spacial score (nSPS) is 18.0. The van der Waals surface area contributed by atoms with E-state index in [4.69, 9.17) is 0 Å². The number of rotatable bonds is 3. The number of imidazole rings is 1. The number of piperidine rings is 1. The molecule has 0 unspecified atom stereocenters. The van der Waals surface area contributed by atoms with E-state index in [-0.39, 0.29) is 11.5 Å². The summed E-state index contributed by atoms with van der Waals surface area (Å²) in [5.74, 6) is 0.429. The van der Waals surface area contributed by atoms with E-state index in [1.807, 2.05) is 24.3 Å². The van der Waals surface area contributed by atoms with Crippen LogP contribution in [0.3, 0.4) is 0 Å². The third kappa shape index (κ3) is 2.97. The number of fused-ring (bicyclic) bond motifs is 1. The third-order valence-corrected chi connectivity index (χ3v) is 5.95. The molecule has 1 atom stereocenters. The van der Waals surface area contributed by atoms with E-state index in [2.05, 4.69) is 19.5 Å². The quantitative estimate of drug-likeness (QED) is 0.777. The Morgan fingerprint density at radius 3 is 3.12 bits per heavy atom. The van der Waals surface area contributed by atoms with Gasteiger partial charge in [-0.15, -0.1) is 11.3 Å². The van der Waals surface area contributed by atoms with Crippen LogP contribution in [0.2, 0.25) is 0 Å². The van der Waals surface area contributed by atoms with Crippen molar-refractivity contribution in [3.05, 3.63) is 45.8 Å². The van der Waals surface area contributed by atoms with Crippen LogP contribution < -0.4 is 5.56 Å². The molecule has 0 radical (unpaired) electrons. The van der Waals surface area contributed by atoms with Crippen LogP contribution in [0.15, 0.2) is 29.8 Å². The predicted molar refractivity (Wildman–Crippen MR) is 95.8 cm³/mol. The van der Waals surface area contributed by atoms with E-state index < -0.39 is 0 Å². The Hall–Kier alpha value is -2.48. The molecule has 1 N–H and O–H groups in total. The highest BCUT2D eigenvalue weighted by Crippen LogP contribution is 2.29. The maximum absolute atomic E-state index is 13.0. The highest BCUT2D eigenvalue weighted by molar-refractivity contribution is 7.20. The van der Waals surface area contributed by atoms with Gasteiger partial charge in [-0.05, 0) is 31.2 Å². The van der Waals surface area contributed by atoms with Crippen molar-refractivity contribution in [1.29, 1.82) is 0 Å². The topological polar surface area (TPSA) is 83.9 Å². The standard InChI is InChI=1S/C17H19N5O2S/c1-11-13-15(23)19-9-20-16(13)25-14(11)17(24)22-5-2-3-12(8-22)7-21-6-4-18-10-21/h4,6,9-10,12H,2-3,5,7-8H2,1H3,(H,19,20,23)/t12-/m1/s1. The molecule has 0 aromatic carbocycles. The van der Waals surface area contributed by atoms with Gasteiger partial charge in [0.15, 0.2) is 0 Å². The summed E-state index contributed by atoms with van der Waals surface area (Å²) in [7, 11) is 0. The predicted octanol–water partition coefficient (Wildman–Crippen LogP) is 2.04. The van der Waals surface area contributed by atoms with Crippen LogP contribution in [-0.4, -0.2) is 43.4 Å². The van der Waals surface area contributed by atoms with Gasteiger partial charge in [0.05, 0.1) is 22.9 Å². The van der Waals surface area contributed by atoms with E-state index in [1.165, 1.54) is 17.7 Å². The van der Waals surface area contributed by atoms with E-state index in [0.29, 0.717) is 21.0 Å². The lowest BCUT2D eigenvalue weighted by atomic mass is 9.97. The first-order chi connectivity index (χ1) is 12.1. The monoisotopic (exact) mass is 357 g/mol. The van der Waals surface area contributed by atoms with Gasteiger partial charge in [-0.2, -0.15) is 0 Å². The molecule has 3 aromatic rings. The lowest BCUT2D eigenvalue weighted by Gasteiger charge is -2.32. The zero-order chi connectivity index (χ0) is 17.4. The third-order valence-electron chi connectivity index (χ3n) is 4.76. The first-order valence-corrected chi connectivity index (χ1v) is 9.17. The van der Waals surface area contributed by atoms with Gasteiger partial charge in [0.1, 0.15) is 4.83 Å². The van der Waals surface area contributed by atoms with E-state index in [9.17, 15) is 9.59 Å². The number of amides is 1. The highest BCUT2D eigenvalue weighted by Gasteiger charge is 2.28. The average molecular weight is 357 g/mol. The number of carbonyl (C=O) groups is 1. The molecule has 130 valence electrons. The second-order valence-corrected chi connectivity index (χ2v) is 7.49. The summed E-state index contributed by atoms with van der Waals surface area (Å²) >= 11 is 1.31. The number of aromatic amines is 1. The molecule has 1 saturated heterocycles. The summed E-state index contributed by atoms with van der Waals surface area (Å²) in [5.41, 5.74) is 0.547. The number of aromatic nitrogens is 4. The van der Waals surface area contributed by atoms with Gasteiger partial charge in [-0.1, -0.05) is 0 Å². The summed E-state index contributed by atoms with van der Waals surface area (Å²) in [6, 6.07) is 0. The Kier molecular flexibility index (Phi) is 4.12. The number of carbonyl (C=O) groups excluding carboxylic acids is 1. The lowest BCUT2D eigenvalue weighted by Crippen LogP contribution is -2.41. The number of nitrogens with zero attached hydrogens (tertiary/aromatic N) is 4. The van der Waals surface area contributed by atoms with Gasteiger partial charge in [0, 0.05) is 32.0 Å². The minimum absolute atomic E-state index is 0.00947. The molecule has 4 heterocycles. The van der Waals surface area contributed by atoms with Crippen molar-refractivity contribution in [2.24, 2.45) is 5.92 Å². The van der Waals surface area contributed by atoms with Gasteiger partial charge in [-0.3, -0.25) is 9.59 Å². The summed E-state index contributed by atoms with van der Waals surface area (Å²) in [6.45, 7) is 4.19. The fraction of sp³-hybridized carbons (Fsp3) is 0.412. The van der Waals surface area contributed by atoms with Crippen LogP contribution in [0.25, 0.3) is 10.2 Å². The smallest absolute Gasteiger partial charge is 0.264 e. The van der Waals surface area contributed by atoms with E-state index in [1.54, 1.807) is 6.20 Å². The molecule has 1 aliphatic rings. The number of thiophene rings is 1. The minimum atomic E-state index is -0.186. The first-order valence-electron chi connectivity index (χ1n) is 8.35. The van der Waals surface area contributed by atoms with E-state index in [0.717, 1.165) is 38.0 Å². The Morgan fingerprint density at radius 1 is 1.48 bits per heavy atom. The van der Waals surface area contributed by atoms with Crippen molar-refractivity contribution in [3.8, 4) is 0 Å². The molecule has 25 heavy (non-hydrogen) atoms. The van der Waals surface area contributed by atoms with Crippen LogP contribution in [0, 0.1) is 12.8 Å². The summed E-state index contributed by atoms with van der Waals surface area (Å²) in [6.07, 6.45) is 9.03. The molecule has 1 fully saturated rings. The molecular weight excluding hydrogens is 338 g/mol. The van der Waals surface area contributed by atoms with Crippen LogP contribution in [-0.2, 0) is 6.54 Å². The maximum atomic E-state index is 13.0. The molecule has 0 spiro atoms. The van der Waals surface area contributed by atoms with Gasteiger partial charge in [0.2, 0.25) is 0 Å². The van der Waals surface area contributed by atoms with Crippen molar-refractivity contribution >= 4 is 27.5 Å². The molecule has 8 heteroatoms. The number of hydrogen-bond acceptors (Lipinski definition) is 5. The van der Waals surface area contributed by atoms with Crippen molar-refractivity contribution < 1.29 is 4.79 Å². The second-order valence-electron chi connectivity index (χ2n) is 6.49. The fourth-order valence-corrected chi connectivity index (χ4v) is 4.64. The highest BCUT2D eigenvalue weighted by atomic mass is 32.1. The zero-order valence-corrected chi connectivity index (χ0v) is 14.8. The first kappa shape index (κ1) is 16.0. The number of H-pyrrole nitrogens is 1. The number of nitrogens with one attached hydrogen (secondary N) is 1. The molecular formula is C17H19N5O2S. The summed E-state index contributed by atoms with van der Waals surface area (Å²) in [5, 5.41) is 0.530. The molecule has 0 saturated carbocycles. The van der Waals surface area contributed by atoms with Crippen molar-refractivity contribution in [2.75, 3.05) is 13.1 Å². The minimum Gasteiger partial charge on any atom is -0.338 e. The van der Waals surface area contributed by atoms with E-state index >= 15 is 0 Å². The Morgan fingerprint density at radius 2 is 2.36 bits per heavy atom. The molecule has 1 aliphatic heterocycles. The lowest BCUT2D eigenvalue weighted by molar-refractivity contribution is 0.0666. The Balaban J connectivity index is 1.57. The summed E-state index contributed by atoms with van der Waals surface area (Å²) in [4.78, 5) is 39.1. The van der Waals surface area contributed by atoms with Crippen molar-refractivity contribution in [1.82, 2.24) is 24.4 Å². The Labute approximate surface area is 148 Å². The summed E-state index contributed by atoms with van der Waals surface area (Å²) < 4.78 is 2.06. The maximum Gasteiger partial charge on any atom is 0.264 e. The second kappa shape index (κ2) is 6.44. The molecule has 7 nitrogen and oxygen atoms in total. The average Bonchev–Trinajstić information content (AvgIpc) is 3.23. The number of likely N-dealkylation sites (tertiary alicyclic amines) is 1. The fourth-order valence-electron chi connectivity index (χ4n) is 3.52. The molecule has 4 rings (SSSR count). The molecule has 3 aromatic heterocycles. The Bertz CT molecular complexity index is 959. The molecule has 0 aliphatic carbocycles. The van der Waals surface area contributed by atoms with Gasteiger partial charge in [-0.25, -0.2) is 9.97 Å². The largest absolute Gasteiger partial charge is 0.338 e. The zero-order valence-electron chi connectivity index (χ0n) is 13.9. The van der Waals surface area contributed by atoms with Crippen LogP contribution in [0.4, 0.5) is 0 Å². The number of hydrogen-bond donors (Lipinski definition) is 1. The molecule has 1 amide bonds. The van der Waals surface area contributed by atoms with Gasteiger partial charge < -0.3 is 14.5 Å². The number of aryl methyl sites for hydroxylation is 1. The van der Waals surface area contributed by atoms with Gasteiger partial charge >= 0.3 is 0 Å². The van der Waals surface area contributed by atoms with Gasteiger partial charge in [0.25, 0.3) is 11.5 Å².